The molecule has 4 N–H and O–H groups in total. The van der Waals surface area contributed by atoms with Crippen molar-refractivity contribution in [2.45, 2.75) is 6.92 Å². The number of aromatic amines is 1. The second-order valence-electron chi connectivity index (χ2n) is 3.14. The predicted octanol–water partition coefficient (Wildman–Crippen LogP) is -0.243. The molecule has 7 heteroatoms. The SMILES string of the molecule is Cc1nc(NCCS(C)(=O)=O)c(N)[nH]1. The molecule has 0 amide bonds. The second-order valence-corrected chi connectivity index (χ2v) is 5.40. The van der Waals surface area contributed by atoms with Crippen molar-refractivity contribution >= 4 is 21.5 Å². The van der Waals surface area contributed by atoms with Crippen LogP contribution in [0.3, 0.4) is 0 Å². The number of nitrogens with one attached hydrogen (secondary N) is 2. The molecule has 0 aliphatic rings. The summed E-state index contributed by atoms with van der Waals surface area (Å²) in [6, 6.07) is 0. The van der Waals surface area contributed by atoms with E-state index in [9.17, 15) is 8.42 Å². The molecule has 0 saturated heterocycles. The van der Waals surface area contributed by atoms with Crippen molar-refractivity contribution in [1.82, 2.24) is 9.97 Å². The Bertz CT molecular complexity index is 409. The van der Waals surface area contributed by atoms with Crippen LogP contribution in [0.25, 0.3) is 0 Å². The minimum absolute atomic E-state index is 0.0678. The second kappa shape index (κ2) is 3.87. The van der Waals surface area contributed by atoms with E-state index in [-0.39, 0.29) is 5.75 Å². The van der Waals surface area contributed by atoms with Gasteiger partial charge >= 0.3 is 0 Å². The summed E-state index contributed by atoms with van der Waals surface area (Å²) in [7, 11) is -2.94. The Kier molecular flexibility index (Phi) is 3.00. The van der Waals surface area contributed by atoms with E-state index in [2.05, 4.69) is 15.3 Å². The molecule has 80 valence electrons. The summed E-state index contributed by atoms with van der Waals surface area (Å²) < 4.78 is 21.6. The number of anilines is 2. The Balaban J connectivity index is 2.50. The summed E-state index contributed by atoms with van der Waals surface area (Å²) in [5.41, 5.74) is 5.56. The summed E-state index contributed by atoms with van der Waals surface area (Å²) in [4.78, 5) is 6.85. The van der Waals surface area contributed by atoms with Gasteiger partial charge in [0, 0.05) is 12.8 Å². The zero-order valence-corrected chi connectivity index (χ0v) is 8.98. The third-order valence-electron chi connectivity index (χ3n) is 1.62. The van der Waals surface area contributed by atoms with E-state index in [4.69, 9.17) is 5.73 Å². The van der Waals surface area contributed by atoms with E-state index in [1.54, 1.807) is 6.92 Å². The lowest BCUT2D eigenvalue weighted by Crippen LogP contribution is -2.14. The number of nitrogen functional groups attached to an aromatic ring is 1. The summed E-state index contributed by atoms with van der Waals surface area (Å²) in [6.45, 7) is 2.09. The fourth-order valence-corrected chi connectivity index (χ4v) is 1.47. The van der Waals surface area contributed by atoms with Crippen molar-refractivity contribution in [3.63, 3.8) is 0 Å². The minimum atomic E-state index is -2.94. The molecule has 14 heavy (non-hydrogen) atoms. The van der Waals surface area contributed by atoms with E-state index in [0.29, 0.717) is 24.0 Å². The first-order chi connectivity index (χ1) is 6.38. The van der Waals surface area contributed by atoms with Crippen molar-refractivity contribution < 1.29 is 8.42 Å². The number of hydrogen-bond donors (Lipinski definition) is 3. The van der Waals surface area contributed by atoms with E-state index in [1.165, 1.54) is 6.26 Å². The molecule has 0 saturated carbocycles. The van der Waals surface area contributed by atoms with Crippen LogP contribution in [0.1, 0.15) is 5.82 Å². The molecule has 0 radical (unpaired) electrons. The van der Waals surface area contributed by atoms with E-state index >= 15 is 0 Å². The average Bonchev–Trinajstić information content (AvgIpc) is 2.27. The number of nitrogens with two attached hydrogens (primary N) is 1. The summed E-state index contributed by atoms with van der Waals surface area (Å²) in [5.74, 6) is 1.70. The summed E-state index contributed by atoms with van der Waals surface area (Å²) in [5, 5.41) is 2.84. The van der Waals surface area contributed by atoms with Crippen LogP contribution in [0, 0.1) is 6.92 Å². The normalized spacial score (nSPS) is 11.6. The third kappa shape index (κ3) is 3.25. The maximum atomic E-state index is 10.8. The van der Waals surface area contributed by atoms with Gasteiger partial charge in [-0.15, -0.1) is 0 Å². The Labute approximate surface area is 82.8 Å². The Morgan fingerprint density at radius 2 is 2.21 bits per heavy atom. The molecular formula is C7H14N4O2S. The first-order valence-electron chi connectivity index (χ1n) is 4.12. The lowest BCUT2D eigenvalue weighted by Gasteiger charge is -2.01. The average molecular weight is 218 g/mol. The number of H-pyrrole nitrogens is 1. The van der Waals surface area contributed by atoms with Gasteiger partial charge in [0.05, 0.1) is 5.75 Å². The molecule has 0 fully saturated rings. The quantitative estimate of drug-likeness (QED) is 0.647. The van der Waals surface area contributed by atoms with Crippen molar-refractivity contribution in [3.8, 4) is 0 Å². The highest BCUT2D eigenvalue weighted by atomic mass is 32.2. The van der Waals surface area contributed by atoms with Crippen molar-refractivity contribution in [2.24, 2.45) is 0 Å². The zero-order valence-electron chi connectivity index (χ0n) is 8.16. The number of aromatic nitrogens is 2. The highest BCUT2D eigenvalue weighted by Crippen LogP contribution is 2.12. The fraction of sp³-hybridized carbons (Fsp3) is 0.571. The molecule has 0 bridgehead atoms. The number of aryl methyl sites for hydroxylation is 1. The van der Waals surface area contributed by atoms with Crippen LogP contribution in [-0.2, 0) is 9.84 Å². The lowest BCUT2D eigenvalue weighted by molar-refractivity contribution is 0.602. The molecule has 1 aromatic heterocycles. The molecule has 1 rings (SSSR count). The number of nitrogens with zero attached hydrogens (tertiary/aromatic N) is 1. The molecule has 0 aliphatic heterocycles. The Hall–Kier alpha value is -1.24. The predicted molar refractivity (Wildman–Crippen MR) is 55.9 cm³/mol. The van der Waals surface area contributed by atoms with Gasteiger partial charge in [0.2, 0.25) is 0 Å². The molecule has 0 spiro atoms. The standard InChI is InChI=1S/C7H14N4O2S/c1-5-10-6(8)7(11-5)9-3-4-14(2,12)13/h9H,3-4,8H2,1-2H3,(H,10,11). The van der Waals surface area contributed by atoms with Crippen LogP contribution in [-0.4, -0.2) is 36.9 Å². The minimum Gasteiger partial charge on any atom is -0.382 e. The van der Waals surface area contributed by atoms with Crippen LogP contribution < -0.4 is 11.1 Å². The Morgan fingerprint density at radius 3 is 2.64 bits per heavy atom. The lowest BCUT2D eigenvalue weighted by atomic mass is 10.6. The number of imidazole rings is 1. The maximum absolute atomic E-state index is 10.8. The van der Waals surface area contributed by atoms with Crippen LogP contribution >= 0.6 is 0 Å². The number of sulfone groups is 1. The molecular weight excluding hydrogens is 204 g/mol. The number of rotatable bonds is 4. The summed E-state index contributed by atoms with van der Waals surface area (Å²) in [6.07, 6.45) is 1.19. The molecule has 6 nitrogen and oxygen atoms in total. The molecule has 1 heterocycles. The van der Waals surface area contributed by atoms with Gasteiger partial charge in [-0.2, -0.15) is 0 Å². The molecule has 0 aromatic carbocycles. The highest BCUT2D eigenvalue weighted by molar-refractivity contribution is 7.90. The maximum Gasteiger partial charge on any atom is 0.168 e. The fourth-order valence-electron chi connectivity index (χ4n) is 1.000. The molecule has 0 unspecified atom stereocenters. The summed E-state index contributed by atoms with van der Waals surface area (Å²) >= 11 is 0. The van der Waals surface area contributed by atoms with Crippen LogP contribution in [0.5, 0.6) is 0 Å². The monoisotopic (exact) mass is 218 g/mol. The van der Waals surface area contributed by atoms with Gasteiger partial charge < -0.3 is 16.0 Å². The van der Waals surface area contributed by atoms with Crippen LogP contribution in [0.2, 0.25) is 0 Å². The smallest absolute Gasteiger partial charge is 0.168 e. The van der Waals surface area contributed by atoms with Crippen molar-refractivity contribution in [1.29, 1.82) is 0 Å². The van der Waals surface area contributed by atoms with Gasteiger partial charge in [-0.05, 0) is 6.92 Å². The molecule has 0 atom stereocenters. The number of hydrogen-bond acceptors (Lipinski definition) is 5. The van der Waals surface area contributed by atoms with Gasteiger partial charge in [-0.25, -0.2) is 13.4 Å². The molecule has 0 aliphatic carbocycles. The highest BCUT2D eigenvalue weighted by Gasteiger charge is 2.05. The Morgan fingerprint density at radius 1 is 1.57 bits per heavy atom. The van der Waals surface area contributed by atoms with Crippen LogP contribution in [0.4, 0.5) is 11.6 Å². The first kappa shape index (κ1) is 10.8. The zero-order chi connectivity index (χ0) is 10.8. The van der Waals surface area contributed by atoms with Crippen molar-refractivity contribution in [3.05, 3.63) is 5.82 Å². The largest absolute Gasteiger partial charge is 0.382 e. The van der Waals surface area contributed by atoms with Gasteiger partial charge in [-0.1, -0.05) is 0 Å². The van der Waals surface area contributed by atoms with Gasteiger partial charge in [0.15, 0.2) is 5.82 Å². The topological polar surface area (TPSA) is 101 Å². The van der Waals surface area contributed by atoms with E-state index < -0.39 is 9.84 Å². The van der Waals surface area contributed by atoms with Gasteiger partial charge in [-0.3, -0.25) is 0 Å². The van der Waals surface area contributed by atoms with Crippen molar-refractivity contribution in [2.75, 3.05) is 29.6 Å². The van der Waals surface area contributed by atoms with E-state index in [1.807, 2.05) is 0 Å². The first-order valence-corrected chi connectivity index (χ1v) is 6.18. The van der Waals surface area contributed by atoms with Gasteiger partial charge in [0.25, 0.3) is 0 Å². The molecule has 1 aromatic rings. The third-order valence-corrected chi connectivity index (χ3v) is 2.56. The van der Waals surface area contributed by atoms with E-state index in [0.717, 1.165) is 0 Å². The van der Waals surface area contributed by atoms with Crippen LogP contribution in [0.15, 0.2) is 0 Å². The van der Waals surface area contributed by atoms with Gasteiger partial charge in [0.1, 0.15) is 21.5 Å².